The van der Waals surface area contributed by atoms with Gasteiger partial charge in [-0.25, -0.2) is 0 Å². The van der Waals surface area contributed by atoms with Crippen molar-refractivity contribution in [3.63, 3.8) is 0 Å². The average molecular weight is 759 g/mol. The SMILES string of the molecule is CC1[C@@H](C)[C@@H]2C[C@@H]([C@H](C)[C@@H]3[C@H](C)[C@H](C)[C@@H]([C@@H]3C)C(C)(C)[C@H]3C[C@H]4[C@H]5C[C@H]([C@@H](C)[C@@H](C)[C@H]5[C@@H](C)[C@@H](C)[C@H]4[C@@H](C)[C@H]3C)C(C)(C)[C@@H]3[C@H](C)[C@@H]([C@H](C)[C@@H]3C)[C@@H]2C)[C@H]1C. The van der Waals surface area contributed by atoms with Gasteiger partial charge in [-0.3, -0.25) is 0 Å². The summed E-state index contributed by atoms with van der Waals surface area (Å²) < 4.78 is 0. The van der Waals surface area contributed by atoms with Crippen LogP contribution < -0.4 is 0 Å². The summed E-state index contributed by atoms with van der Waals surface area (Å²) in [6, 6.07) is 0. The highest BCUT2D eigenvalue weighted by atomic mass is 14.7. The fourth-order valence-corrected chi connectivity index (χ4v) is 21.7. The van der Waals surface area contributed by atoms with Crippen molar-refractivity contribution in [2.75, 3.05) is 0 Å². The monoisotopic (exact) mass is 759 g/mol. The van der Waals surface area contributed by atoms with Crippen molar-refractivity contribution in [2.45, 2.75) is 165 Å². The van der Waals surface area contributed by atoms with Crippen LogP contribution in [0.4, 0.5) is 0 Å². The molecule has 7 aliphatic rings. The van der Waals surface area contributed by atoms with Crippen molar-refractivity contribution in [1.82, 2.24) is 0 Å². The van der Waals surface area contributed by atoms with E-state index in [1.165, 1.54) is 19.3 Å². The van der Waals surface area contributed by atoms with E-state index in [-0.39, 0.29) is 0 Å². The van der Waals surface area contributed by atoms with Gasteiger partial charge in [0.15, 0.2) is 0 Å². The Morgan fingerprint density at radius 2 is 0.527 bits per heavy atom. The molecule has 0 aromatic heterocycles. The highest BCUT2D eigenvalue weighted by Crippen LogP contribution is 2.70. The third-order valence-corrected chi connectivity index (χ3v) is 24.9. The highest BCUT2D eigenvalue weighted by molar-refractivity contribution is 5.12. The smallest absolute Gasteiger partial charge is 0.0290 e. The molecule has 10 bridgehead atoms. The number of hydrogen-bond acceptors (Lipinski definition) is 0. The third kappa shape index (κ3) is 6.00. The zero-order chi connectivity index (χ0) is 40.9. The van der Waals surface area contributed by atoms with E-state index in [1.54, 1.807) is 0 Å². The number of fused-ring (bicyclic) bond motifs is 8. The van der Waals surface area contributed by atoms with Crippen LogP contribution in [0, 0.1) is 182 Å². The average Bonchev–Trinajstić information content (AvgIpc) is 3.48. The molecule has 318 valence electrons. The summed E-state index contributed by atoms with van der Waals surface area (Å²) in [4.78, 5) is 0. The van der Waals surface area contributed by atoms with E-state index in [4.69, 9.17) is 0 Å². The molecule has 0 aliphatic heterocycles. The minimum Gasteiger partial charge on any atom is -0.0620 e. The van der Waals surface area contributed by atoms with Crippen LogP contribution in [0.5, 0.6) is 0 Å². The van der Waals surface area contributed by atoms with E-state index in [0.717, 1.165) is 172 Å². The first-order valence-corrected chi connectivity index (χ1v) is 25.4. The second kappa shape index (κ2) is 14.6. The molecule has 7 rings (SSSR count). The first-order chi connectivity index (χ1) is 25.4. The zero-order valence-electron chi connectivity index (χ0n) is 40.9. The van der Waals surface area contributed by atoms with Gasteiger partial charge in [0.1, 0.15) is 0 Å². The molecular formula is C55H98. The Kier molecular flexibility index (Phi) is 11.4. The van der Waals surface area contributed by atoms with Gasteiger partial charge in [-0.1, -0.05) is 145 Å². The molecule has 0 spiro atoms. The molecule has 0 aromatic carbocycles. The second-order valence-corrected chi connectivity index (χ2v) is 26.2. The van der Waals surface area contributed by atoms with Crippen LogP contribution in [-0.4, -0.2) is 0 Å². The fourth-order valence-electron chi connectivity index (χ4n) is 21.7. The third-order valence-electron chi connectivity index (χ3n) is 24.9. The lowest BCUT2D eigenvalue weighted by molar-refractivity contribution is -0.170. The van der Waals surface area contributed by atoms with Crippen LogP contribution in [0.25, 0.3) is 0 Å². The Morgan fingerprint density at radius 3 is 0.855 bits per heavy atom. The van der Waals surface area contributed by atoms with Gasteiger partial charge in [-0.15, -0.1) is 0 Å². The summed E-state index contributed by atoms with van der Waals surface area (Å²) in [6.07, 6.45) is 4.52. The Labute approximate surface area is 345 Å². The van der Waals surface area contributed by atoms with E-state index in [0.29, 0.717) is 10.8 Å². The van der Waals surface area contributed by atoms with Crippen molar-refractivity contribution >= 4 is 0 Å². The Balaban J connectivity index is 1.39. The normalized spacial score (nSPS) is 62.9. The Bertz CT molecular complexity index is 1250. The van der Waals surface area contributed by atoms with Crippen LogP contribution in [0.1, 0.15) is 165 Å². The summed E-state index contributed by atoms with van der Waals surface area (Å²) >= 11 is 0. The molecule has 29 atom stereocenters. The number of rotatable bonds is 0. The minimum absolute atomic E-state index is 0.369. The Hall–Kier alpha value is 0. The molecule has 7 aliphatic carbocycles. The molecule has 0 radical (unpaired) electrons. The van der Waals surface area contributed by atoms with Crippen molar-refractivity contribution < 1.29 is 0 Å². The highest BCUT2D eigenvalue weighted by Gasteiger charge is 2.64. The summed E-state index contributed by atoms with van der Waals surface area (Å²) in [5.41, 5.74) is 0.739. The van der Waals surface area contributed by atoms with E-state index in [2.05, 4.69) is 145 Å². The summed E-state index contributed by atoms with van der Waals surface area (Å²) in [7, 11) is 0. The Morgan fingerprint density at radius 1 is 0.236 bits per heavy atom. The standard InChI is InChI=1S/C55H98/c1-25-26(2)42-22-43(27(25)3)39(15)49-35(11)37(13)53(41(49)17)55(20,21)47-24-45-44-23-46(54(18,19)52-36(12)34(10)48(38(42)14)40(52)16)28(4)30(6)50(44)32(8)33(9)51(45)31(7)29(47)5/h25-53H,22-24H2,1-21H3/t25?,26-,27+,28+,29-,30-,31+,32+,33-,34-,35-,36+,37+,38-,39+,40-,41-,42+,43-,44-,45+,46-,47+,48+,49+,50+,51-,52+,53+/m1/s1. The topological polar surface area (TPSA) is 0 Å². The van der Waals surface area contributed by atoms with Crippen molar-refractivity contribution in [1.29, 1.82) is 0 Å². The van der Waals surface area contributed by atoms with Crippen LogP contribution in [0.3, 0.4) is 0 Å². The fraction of sp³-hybridized carbons (Fsp3) is 1.00. The van der Waals surface area contributed by atoms with Gasteiger partial charge < -0.3 is 0 Å². The largest absolute Gasteiger partial charge is 0.0620 e. The van der Waals surface area contributed by atoms with E-state index < -0.39 is 0 Å². The van der Waals surface area contributed by atoms with Gasteiger partial charge in [0, 0.05) is 0 Å². The predicted molar refractivity (Wildman–Crippen MR) is 239 cm³/mol. The lowest BCUT2D eigenvalue weighted by Crippen LogP contribution is -2.59. The van der Waals surface area contributed by atoms with Crippen LogP contribution in [0.2, 0.25) is 0 Å². The van der Waals surface area contributed by atoms with Crippen molar-refractivity contribution in [3.05, 3.63) is 0 Å². The molecule has 1 unspecified atom stereocenters. The van der Waals surface area contributed by atoms with Crippen LogP contribution in [-0.2, 0) is 0 Å². The van der Waals surface area contributed by atoms with E-state index >= 15 is 0 Å². The lowest BCUT2D eigenvalue weighted by atomic mass is 9.40. The first kappa shape index (κ1) is 43.1. The van der Waals surface area contributed by atoms with Gasteiger partial charge in [-0.2, -0.15) is 0 Å². The summed E-state index contributed by atoms with van der Waals surface area (Å²) in [5.74, 6) is 24.4. The second-order valence-electron chi connectivity index (χ2n) is 26.2. The molecule has 7 fully saturated rings. The molecule has 55 heavy (non-hydrogen) atoms. The van der Waals surface area contributed by atoms with Gasteiger partial charge in [0.25, 0.3) is 0 Å². The molecule has 0 aromatic rings. The lowest BCUT2D eigenvalue weighted by Gasteiger charge is -2.65. The maximum Gasteiger partial charge on any atom is -0.0290 e. The zero-order valence-corrected chi connectivity index (χ0v) is 40.9. The van der Waals surface area contributed by atoms with Gasteiger partial charge in [0.05, 0.1) is 0 Å². The first-order valence-electron chi connectivity index (χ1n) is 25.4. The predicted octanol–water partition coefficient (Wildman–Crippen LogP) is 15.5. The molecule has 0 heterocycles. The van der Waals surface area contributed by atoms with E-state index in [9.17, 15) is 0 Å². The molecular weight excluding hydrogens is 661 g/mol. The minimum atomic E-state index is 0.369. The maximum atomic E-state index is 2.83. The summed E-state index contributed by atoms with van der Waals surface area (Å²) in [6.45, 7) is 58.0. The van der Waals surface area contributed by atoms with Crippen LogP contribution >= 0.6 is 0 Å². The van der Waals surface area contributed by atoms with Crippen molar-refractivity contribution in [2.24, 2.45) is 182 Å². The van der Waals surface area contributed by atoms with E-state index in [1.807, 2.05) is 0 Å². The molecule has 7 saturated carbocycles. The quantitative estimate of drug-likeness (QED) is 0.231. The molecule has 0 amide bonds. The van der Waals surface area contributed by atoms with Gasteiger partial charge in [-0.05, 0) is 202 Å². The molecule has 0 heteroatoms. The van der Waals surface area contributed by atoms with Gasteiger partial charge in [0.2, 0.25) is 0 Å². The summed E-state index contributed by atoms with van der Waals surface area (Å²) in [5, 5.41) is 0. The molecule has 0 N–H and O–H groups in total. The maximum absolute atomic E-state index is 2.83. The van der Waals surface area contributed by atoms with Gasteiger partial charge >= 0.3 is 0 Å². The van der Waals surface area contributed by atoms with Crippen LogP contribution in [0.15, 0.2) is 0 Å². The van der Waals surface area contributed by atoms with Crippen molar-refractivity contribution in [3.8, 4) is 0 Å². The number of hydrogen-bond donors (Lipinski definition) is 0. The molecule has 0 saturated heterocycles. The molecule has 0 nitrogen and oxygen atoms in total.